The van der Waals surface area contributed by atoms with Crippen LogP contribution in [0.25, 0.3) is 0 Å². The van der Waals surface area contributed by atoms with E-state index in [2.05, 4.69) is 10.3 Å². The predicted octanol–water partition coefficient (Wildman–Crippen LogP) is 3.63. The summed E-state index contributed by atoms with van der Waals surface area (Å²) in [6, 6.07) is 7.63. The number of nitrogens with zero attached hydrogens (tertiary/aromatic N) is 2. The highest BCUT2D eigenvalue weighted by molar-refractivity contribution is 5.60. The summed E-state index contributed by atoms with van der Waals surface area (Å²) < 4.78 is 27.6. The number of aromatic nitrogens is 1. The lowest BCUT2D eigenvalue weighted by Crippen LogP contribution is -2.21. The van der Waals surface area contributed by atoms with Gasteiger partial charge in [0.25, 0.3) is 0 Å². The molecule has 5 heteroatoms. The van der Waals surface area contributed by atoms with Gasteiger partial charge < -0.3 is 10.2 Å². The van der Waals surface area contributed by atoms with Crippen molar-refractivity contribution in [3.63, 3.8) is 0 Å². The molecule has 1 heterocycles. The van der Waals surface area contributed by atoms with Gasteiger partial charge in [-0.3, -0.25) is 0 Å². The molecule has 0 aliphatic carbocycles. The Morgan fingerprint density at radius 2 is 1.81 bits per heavy atom. The quantitative estimate of drug-likeness (QED) is 0.881. The topological polar surface area (TPSA) is 28.2 Å². The van der Waals surface area contributed by atoms with Gasteiger partial charge in [-0.25, -0.2) is 13.8 Å². The molecule has 0 bridgehead atoms. The highest BCUT2D eigenvalue weighted by Crippen LogP contribution is 2.27. The van der Waals surface area contributed by atoms with Crippen LogP contribution in [0.1, 0.15) is 19.4 Å². The number of hydrogen-bond donors (Lipinski definition) is 1. The Labute approximate surface area is 123 Å². The minimum atomic E-state index is -0.343. The second-order valence-corrected chi connectivity index (χ2v) is 4.61. The van der Waals surface area contributed by atoms with Gasteiger partial charge in [-0.2, -0.15) is 0 Å². The summed E-state index contributed by atoms with van der Waals surface area (Å²) in [7, 11) is 0. The molecule has 1 aromatic carbocycles. The molecule has 0 radical (unpaired) electrons. The fraction of sp³-hybridized carbons (Fsp3) is 0.312. The number of hydrogen-bond acceptors (Lipinski definition) is 3. The van der Waals surface area contributed by atoms with E-state index in [-0.39, 0.29) is 17.5 Å². The molecule has 112 valence electrons. The van der Waals surface area contributed by atoms with E-state index >= 15 is 0 Å². The van der Waals surface area contributed by atoms with E-state index in [1.165, 1.54) is 12.1 Å². The van der Waals surface area contributed by atoms with Crippen LogP contribution in [0.2, 0.25) is 0 Å². The Morgan fingerprint density at radius 1 is 1.10 bits per heavy atom. The van der Waals surface area contributed by atoms with Crippen LogP contribution >= 0.6 is 0 Å². The van der Waals surface area contributed by atoms with Crippen LogP contribution in [0.4, 0.5) is 20.3 Å². The third kappa shape index (κ3) is 3.55. The van der Waals surface area contributed by atoms with Crippen LogP contribution in [-0.4, -0.2) is 18.1 Å². The molecule has 2 aromatic rings. The SMILES string of the molecule is CCNCc1ccnc(N(CC)c2ccc(F)cc2)c1F. The van der Waals surface area contributed by atoms with E-state index in [1.54, 1.807) is 29.3 Å². The van der Waals surface area contributed by atoms with E-state index in [9.17, 15) is 8.78 Å². The van der Waals surface area contributed by atoms with Crippen LogP contribution in [0.15, 0.2) is 36.5 Å². The first kappa shape index (κ1) is 15.4. The molecule has 0 unspecified atom stereocenters. The molecular formula is C16H19F2N3. The number of anilines is 2. The Balaban J connectivity index is 2.35. The van der Waals surface area contributed by atoms with Gasteiger partial charge in [0.05, 0.1) is 0 Å². The van der Waals surface area contributed by atoms with E-state index in [1.807, 2.05) is 13.8 Å². The Morgan fingerprint density at radius 3 is 2.43 bits per heavy atom. The Hall–Kier alpha value is -2.01. The zero-order valence-electron chi connectivity index (χ0n) is 12.2. The number of pyridine rings is 1. The van der Waals surface area contributed by atoms with Crippen molar-refractivity contribution in [1.29, 1.82) is 0 Å². The molecule has 0 fully saturated rings. The van der Waals surface area contributed by atoms with Gasteiger partial charge in [-0.1, -0.05) is 6.92 Å². The maximum atomic E-state index is 14.6. The first-order valence-electron chi connectivity index (χ1n) is 7.04. The molecule has 21 heavy (non-hydrogen) atoms. The van der Waals surface area contributed by atoms with Gasteiger partial charge in [0.2, 0.25) is 0 Å². The van der Waals surface area contributed by atoms with Crippen LogP contribution < -0.4 is 10.2 Å². The lowest BCUT2D eigenvalue weighted by Gasteiger charge is -2.23. The number of nitrogens with one attached hydrogen (secondary N) is 1. The van der Waals surface area contributed by atoms with Crippen LogP contribution in [0.3, 0.4) is 0 Å². The first-order valence-corrected chi connectivity index (χ1v) is 7.04. The van der Waals surface area contributed by atoms with Crippen molar-refractivity contribution < 1.29 is 8.78 Å². The molecule has 0 amide bonds. The maximum absolute atomic E-state index is 14.6. The summed E-state index contributed by atoms with van der Waals surface area (Å²) in [6.45, 7) is 5.64. The molecule has 0 atom stereocenters. The summed E-state index contributed by atoms with van der Waals surface area (Å²) in [5.74, 6) is -0.395. The number of rotatable bonds is 6. The Kier molecular flexibility index (Phi) is 5.22. The highest BCUT2D eigenvalue weighted by Gasteiger charge is 2.16. The Bertz CT molecular complexity index is 585. The predicted molar refractivity (Wildman–Crippen MR) is 80.7 cm³/mol. The molecule has 0 saturated heterocycles. The van der Waals surface area contributed by atoms with E-state index < -0.39 is 0 Å². The standard InChI is InChI=1S/C16H19F2N3/c1-3-19-11-12-9-10-20-16(15(12)18)21(4-2)14-7-5-13(17)6-8-14/h5-10,19H,3-4,11H2,1-2H3. The fourth-order valence-corrected chi connectivity index (χ4v) is 2.13. The molecule has 0 saturated carbocycles. The van der Waals surface area contributed by atoms with Gasteiger partial charge in [-0.05, 0) is 43.8 Å². The minimum Gasteiger partial charge on any atom is -0.324 e. The minimum absolute atomic E-state index is 0.263. The zero-order chi connectivity index (χ0) is 15.2. The summed E-state index contributed by atoms with van der Waals surface area (Å²) in [6.07, 6.45) is 1.59. The maximum Gasteiger partial charge on any atom is 0.170 e. The second kappa shape index (κ2) is 7.13. The van der Waals surface area contributed by atoms with E-state index in [0.29, 0.717) is 24.3 Å². The highest BCUT2D eigenvalue weighted by atomic mass is 19.1. The van der Waals surface area contributed by atoms with Gasteiger partial charge in [0.1, 0.15) is 5.82 Å². The van der Waals surface area contributed by atoms with Crippen molar-refractivity contribution in [2.75, 3.05) is 18.0 Å². The molecule has 0 aliphatic rings. The molecule has 0 aliphatic heterocycles. The van der Waals surface area contributed by atoms with Crippen molar-refractivity contribution in [3.8, 4) is 0 Å². The van der Waals surface area contributed by atoms with Crippen LogP contribution in [-0.2, 0) is 6.54 Å². The number of benzene rings is 1. The molecule has 3 nitrogen and oxygen atoms in total. The van der Waals surface area contributed by atoms with Crippen molar-refractivity contribution >= 4 is 11.5 Å². The fourth-order valence-electron chi connectivity index (χ4n) is 2.13. The average molecular weight is 291 g/mol. The smallest absolute Gasteiger partial charge is 0.170 e. The first-order chi connectivity index (χ1) is 10.2. The van der Waals surface area contributed by atoms with Crippen molar-refractivity contribution in [3.05, 3.63) is 53.7 Å². The molecule has 1 N–H and O–H groups in total. The van der Waals surface area contributed by atoms with Gasteiger partial charge in [-0.15, -0.1) is 0 Å². The lowest BCUT2D eigenvalue weighted by atomic mass is 10.2. The average Bonchev–Trinajstić information content (AvgIpc) is 2.50. The molecular weight excluding hydrogens is 272 g/mol. The molecule has 2 rings (SSSR count). The van der Waals surface area contributed by atoms with Gasteiger partial charge in [0, 0.05) is 30.5 Å². The summed E-state index contributed by atoms with van der Waals surface area (Å²) >= 11 is 0. The third-order valence-corrected chi connectivity index (χ3v) is 3.23. The van der Waals surface area contributed by atoms with Crippen LogP contribution in [0.5, 0.6) is 0 Å². The third-order valence-electron chi connectivity index (χ3n) is 3.23. The number of halogens is 2. The summed E-state index contributed by atoms with van der Waals surface area (Å²) in [5, 5.41) is 3.10. The van der Waals surface area contributed by atoms with Crippen molar-refractivity contribution in [1.82, 2.24) is 10.3 Å². The lowest BCUT2D eigenvalue weighted by molar-refractivity contribution is 0.586. The second-order valence-electron chi connectivity index (χ2n) is 4.61. The van der Waals surface area contributed by atoms with Crippen molar-refractivity contribution in [2.45, 2.75) is 20.4 Å². The normalized spacial score (nSPS) is 10.7. The summed E-state index contributed by atoms with van der Waals surface area (Å²) in [4.78, 5) is 5.87. The summed E-state index contributed by atoms with van der Waals surface area (Å²) in [5.41, 5.74) is 1.29. The molecule has 1 aromatic heterocycles. The van der Waals surface area contributed by atoms with E-state index in [4.69, 9.17) is 0 Å². The largest absolute Gasteiger partial charge is 0.324 e. The van der Waals surface area contributed by atoms with Crippen LogP contribution in [0, 0.1) is 11.6 Å². The van der Waals surface area contributed by atoms with Gasteiger partial charge >= 0.3 is 0 Å². The van der Waals surface area contributed by atoms with Crippen molar-refractivity contribution in [2.24, 2.45) is 0 Å². The zero-order valence-corrected chi connectivity index (χ0v) is 12.2. The van der Waals surface area contributed by atoms with E-state index in [0.717, 1.165) is 6.54 Å². The van der Waals surface area contributed by atoms with Gasteiger partial charge in [0.15, 0.2) is 11.6 Å². The monoisotopic (exact) mass is 291 g/mol. The molecule has 0 spiro atoms.